The van der Waals surface area contributed by atoms with Crippen molar-refractivity contribution in [3.05, 3.63) is 71.8 Å². The molecular weight excluding hydrogens is 378 g/mol. The van der Waals surface area contributed by atoms with Crippen molar-refractivity contribution in [3.8, 4) is 11.5 Å². The Balaban J connectivity index is 1.45. The van der Waals surface area contributed by atoms with Crippen LogP contribution in [0.15, 0.2) is 55.0 Å². The number of anilines is 1. The molecule has 2 aromatic carbocycles. The van der Waals surface area contributed by atoms with Gasteiger partial charge < -0.3 is 14.4 Å². The molecule has 0 fully saturated rings. The number of ether oxygens (including phenoxy) is 2. The zero-order valence-corrected chi connectivity index (χ0v) is 17.1. The molecule has 0 unspecified atom stereocenters. The van der Waals surface area contributed by atoms with Crippen molar-refractivity contribution in [1.82, 2.24) is 19.7 Å². The number of nitrogens with zero attached hydrogens (tertiary/aromatic N) is 5. The van der Waals surface area contributed by atoms with Gasteiger partial charge in [-0.25, -0.2) is 9.97 Å². The molecule has 0 spiro atoms. The minimum Gasteiger partial charge on any atom is -0.493 e. The number of rotatable bonds is 5. The number of methoxy groups -OCH3 is 2. The Hall–Kier alpha value is -3.61. The van der Waals surface area contributed by atoms with Crippen LogP contribution < -0.4 is 14.4 Å². The lowest BCUT2D eigenvalue weighted by Gasteiger charge is -2.28. The van der Waals surface area contributed by atoms with Gasteiger partial charge in [0.15, 0.2) is 11.5 Å². The molecule has 7 heteroatoms. The second-order valence-corrected chi connectivity index (χ2v) is 7.38. The Kier molecular flexibility index (Phi) is 4.71. The van der Waals surface area contributed by atoms with Crippen molar-refractivity contribution in [1.29, 1.82) is 0 Å². The molecular formula is C23H23N5O2. The van der Waals surface area contributed by atoms with Gasteiger partial charge in [-0.05, 0) is 23.6 Å². The van der Waals surface area contributed by atoms with Crippen LogP contribution in [0.3, 0.4) is 0 Å². The molecule has 0 atom stereocenters. The molecule has 5 rings (SSSR count). The van der Waals surface area contributed by atoms with Gasteiger partial charge in [0.1, 0.15) is 12.1 Å². The van der Waals surface area contributed by atoms with Gasteiger partial charge in [-0.1, -0.05) is 30.3 Å². The van der Waals surface area contributed by atoms with E-state index >= 15 is 0 Å². The van der Waals surface area contributed by atoms with Crippen molar-refractivity contribution in [3.63, 3.8) is 0 Å². The van der Waals surface area contributed by atoms with E-state index in [9.17, 15) is 0 Å². The summed E-state index contributed by atoms with van der Waals surface area (Å²) >= 11 is 0. The largest absolute Gasteiger partial charge is 0.493 e. The molecule has 0 saturated carbocycles. The monoisotopic (exact) mass is 401 g/mol. The minimum atomic E-state index is 0.662. The van der Waals surface area contributed by atoms with Crippen LogP contribution in [0, 0.1) is 0 Å². The molecule has 3 heterocycles. The maximum absolute atomic E-state index is 5.49. The zero-order valence-electron chi connectivity index (χ0n) is 17.1. The van der Waals surface area contributed by atoms with Crippen LogP contribution in [0.5, 0.6) is 11.5 Å². The van der Waals surface area contributed by atoms with Crippen molar-refractivity contribution in [2.24, 2.45) is 0 Å². The Morgan fingerprint density at radius 2 is 1.80 bits per heavy atom. The molecule has 2 aromatic heterocycles. The van der Waals surface area contributed by atoms with Crippen LogP contribution in [-0.4, -0.2) is 40.5 Å². The van der Waals surface area contributed by atoms with E-state index in [1.807, 2.05) is 22.9 Å². The highest BCUT2D eigenvalue weighted by Crippen LogP contribution is 2.35. The summed E-state index contributed by atoms with van der Waals surface area (Å²) in [6.07, 6.45) is 4.71. The standard InChI is InChI=1S/C23H23N5O2/c1-29-21-10-18-19(11-22(21)30-2)24-15-25-23(18)27-9-8-17-13-28(26-20(17)14-27)12-16-6-4-3-5-7-16/h3-7,10-11,13,15H,8-9,12,14H2,1-2H3. The first-order valence-electron chi connectivity index (χ1n) is 9.96. The summed E-state index contributed by atoms with van der Waals surface area (Å²) in [6.45, 7) is 2.38. The summed E-state index contributed by atoms with van der Waals surface area (Å²) in [4.78, 5) is 11.3. The highest BCUT2D eigenvalue weighted by molar-refractivity contribution is 5.92. The molecule has 0 bridgehead atoms. The van der Waals surface area contributed by atoms with E-state index in [0.29, 0.717) is 11.5 Å². The van der Waals surface area contributed by atoms with Gasteiger partial charge in [0.2, 0.25) is 0 Å². The van der Waals surface area contributed by atoms with Gasteiger partial charge in [0.25, 0.3) is 0 Å². The predicted molar refractivity (Wildman–Crippen MR) is 115 cm³/mol. The van der Waals surface area contributed by atoms with Crippen molar-refractivity contribution < 1.29 is 9.47 Å². The topological polar surface area (TPSA) is 65.3 Å². The van der Waals surface area contributed by atoms with Crippen LogP contribution in [0.25, 0.3) is 10.9 Å². The average Bonchev–Trinajstić information content (AvgIpc) is 3.19. The molecule has 30 heavy (non-hydrogen) atoms. The van der Waals surface area contributed by atoms with E-state index in [0.717, 1.165) is 48.5 Å². The number of hydrogen-bond acceptors (Lipinski definition) is 6. The Labute approximate surface area is 174 Å². The maximum atomic E-state index is 5.49. The molecule has 1 aliphatic heterocycles. The van der Waals surface area contributed by atoms with Crippen LogP contribution in [-0.2, 0) is 19.5 Å². The smallest absolute Gasteiger partial charge is 0.162 e. The summed E-state index contributed by atoms with van der Waals surface area (Å²) in [6, 6.07) is 14.2. The van der Waals surface area contributed by atoms with Crippen LogP contribution in [0.1, 0.15) is 16.8 Å². The van der Waals surface area contributed by atoms with Crippen LogP contribution in [0.2, 0.25) is 0 Å². The highest BCUT2D eigenvalue weighted by atomic mass is 16.5. The molecule has 0 saturated heterocycles. The summed E-state index contributed by atoms with van der Waals surface area (Å²) in [5.41, 5.74) is 4.49. The summed E-state index contributed by atoms with van der Waals surface area (Å²) in [7, 11) is 3.27. The van der Waals surface area contributed by atoms with E-state index in [2.05, 4.69) is 45.3 Å². The number of fused-ring (bicyclic) bond motifs is 2. The Morgan fingerprint density at radius 1 is 1.00 bits per heavy atom. The molecule has 0 N–H and O–H groups in total. The van der Waals surface area contributed by atoms with Gasteiger partial charge in [-0.2, -0.15) is 5.10 Å². The van der Waals surface area contributed by atoms with Crippen molar-refractivity contribution in [2.45, 2.75) is 19.5 Å². The molecule has 0 amide bonds. The van der Waals surface area contributed by atoms with Gasteiger partial charge in [-0.3, -0.25) is 4.68 Å². The second-order valence-electron chi connectivity index (χ2n) is 7.38. The first-order chi connectivity index (χ1) is 14.7. The lowest BCUT2D eigenvalue weighted by Crippen LogP contribution is -2.31. The zero-order chi connectivity index (χ0) is 20.5. The van der Waals surface area contributed by atoms with E-state index in [1.54, 1.807) is 20.5 Å². The maximum Gasteiger partial charge on any atom is 0.162 e. The van der Waals surface area contributed by atoms with Gasteiger partial charge in [0.05, 0.1) is 38.5 Å². The second kappa shape index (κ2) is 7.67. The number of hydrogen-bond donors (Lipinski definition) is 0. The summed E-state index contributed by atoms with van der Waals surface area (Å²) < 4.78 is 12.9. The van der Waals surface area contributed by atoms with E-state index in [-0.39, 0.29) is 0 Å². The summed E-state index contributed by atoms with van der Waals surface area (Å²) in [5, 5.41) is 5.80. The lowest BCUT2D eigenvalue weighted by molar-refractivity contribution is 0.356. The quantitative estimate of drug-likeness (QED) is 0.510. The third-order valence-corrected chi connectivity index (χ3v) is 5.52. The van der Waals surface area contributed by atoms with Gasteiger partial charge in [0, 0.05) is 24.2 Å². The fourth-order valence-electron chi connectivity index (χ4n) is 4.01. The highest BCUT2D eigenvalue weighted by Gasteiger charge is 2.23. The van der Waals surface area contributed by atoms with Gasteiger partial charge in [-0.15, -0.1) is 0 Å². The Bertz CT molecular complexity index is 1190. The lowest BCUT2D eigenvalue weighted by atomic mass is 10.1. The number of aromatic nitrogens is 4. The fraction of sp³-hybridized carbons (Fsp3) is 0.261. The molecule has 0 radical (unpaired) electrons. The minimum absolute atomic E-state index is 0.662. The van der Waals surface area contributed by atoms with Crippen LogP contribution in [0.4, 0.5) is 5.82 Å². The van der Waals surface area contributed by atoms with Gasteiger partial charge >= 0.3 is 0 Å². The molecule has 0 aliphatic carbocycles. The van der Waals surface area contributed by atoms with Crippen molar-refractivity contribution in [2.75, 3.05) is 25.7 Å². The van der Waals surface area contributed by atoms with Crippen molar-refractivity contribution >= 4 is 16.7 Å². The molecule has 4 aromatic rings. The molecule has 1 aliphatic rings. The third kappa shape index (κ3) is 3.32. The average molecular weight is 401 g/mol. The first kappa shape index (κ1) is 18.4. The van der Waals surface area contributed by atoms with E-state index in [1.165, 1.54) is 11.1 Å². The fourth-order valence-corrected chi connectivity index (χ4v) is 4.01. The third-order valence-electron chi connectivity index (χ3n) is 5.52. The van der Waals surface area contributed by atoms with E-state index in [4.69, 9.17) is 14.6 Å². The normalized spacial score (nSPS) is 13.3. The number of benzene rings is 2. The summed E-state index contributed by atoms with van der Waals surface area (Å²) in [5.74, 6) is 2.23. The van der Waals surface area contributed by atoms with Crippen LogP contribution >= 0.6 is 0 Å². The van der Waals surface area contributed by atoms with E-state index < -0.39 is 0 Å². The molecule has 7 nitrogen and oxygen atoms in total. The molecule has 152 valence electrons. The predicted octanol–water partition coefficient (Wildman–Crippen LogP) is 3.45. The SMILES string of the molecule is COc1cc2ncnc(N3CCc4cn(Cc5ccccc5)nc4C3)c2cc1OC. The Morgan fingerprint density at radius 3 is 2.60 bits per heavy atom. The first-order valence-corrected chi connectivity index (χ1v) is 9.96.